The van der Waals surface area contributed by atoms with E-state index in [1.54, 1.807) is 5.57 Å². The Labute approximate surface area is 93.2 Å². The van der Waals surface area contributed by atoms with Crippen LogP contribution in [0.15, 0.2) is 23.0 Å². The summed E-state index contributed by atoms with van der Waals surface area (Å²) in [4.78, 5) is 0. The summed E-state index contributed by atoms with van der Waals surface area (Å²) >= 11 is 0. The lowest BCUT2D eigenvalue weighted by Crippen LogP contribution is -2.24. The van der Waals surface area contributed by atoms with Crippen LogP contribution in [-0.4, -0.2) is 6.10 Å². The van der Waals surface area contributed by atoms with Crippen molar-refractivity contribution >= 4 is 0 Å². The molecular weight excluding hydrogens is 184 g/mol. The van der Waals surface area contributed by atoms with E-state index < -0.39 is 0 Å². The quantitative estimate of drug-likeness (QED) is 0.584. The lowest BCUT2D eigenvalue weighted by Gasteiger charge is -2.34. The predicted molar refractivity (Wildman–Crippen MR) is 63.6 cm³/mol. The maximum absolute atomic E-state index is 6.07. The summed E-state index contributed by atoms with van der Waals surface area (Å²) in [5.74, 6) is 2.05. The van der Waals surface area contributed by atoms with Crippen molar-refractivity contribution in [2.75, 3.05) is 0 Å². The molecule has 2 rings (SSSR count). The Morgan fingerprint density at radius 2 is 2.00 bits per heavy atom. The molecule has 0 saturated carbocycles. The SMILES string of the molecule is CC(C)=CC1CC(C)C2=C(CCCC2)O1. The van der Waals surface area contributed by atoms with E-state index in [1.165, 1.54) is 43.4 Å². The molecule has 0 saturated heterocycles. The standard InChI is InChI=1S/C14H22O/c1-10(2)8-12-9-11(3)13-6-4-5-7-14(13)15-12/h8,11-12H,4-7,9H2,1-3H3. The maximum atomic E-state index is 6.07. The zero-order valence-corrected chi connectivity index (χ0v) is 10.2. The van der Waals surface area contributed by atoms with Crippen LogP contribution in [0.25, 0.3) is 0 Å². The molecular formula is C14H22O. The third-order valence-corrected chi connectivity index (χ3v) is 3.45. The van der Waals surface area contributed by atoms with Crippen LogP contribution in [0.1, 0.15) is 52.9 Å². The van der Waals surface area contributed by atoms with E-state index in [1.807, 2.05) is 0 Å². The molecule has 0 N–H and O–H groups in total. The average Bonchev–Trinajstić information content (AvgIpc) is 2.16. The number of ether oxygens (including phenoxy) is 1. The monoisotopic (exact) mass is 206 g/mol. The van der Waals surface area contributed by atoms with E-state index in [2.05, 4.69) is 26.8 Å². The number of hydrogen-bond donors (Lipinski definition) is 0. The van der Waals surface area contributed by atoms with Gasteiger partial charge in [0.05, 0.1) is 5.76 Å². The van der Waals surface area contributed by atoms with E-state index >= 15 is 0 Å². The van der Waals surface area contributed by atoms with E-state index in [4.69, 9.17) is 4.74 Å². The molecule has 0 aromatic heterocycles. The molecule has 0 aromatic carbocycles. The third kappa shape index (κ3) is 2.45. The van der Waals surface area contributed by atoms with Gasteiger partial charge in [-0.15, -0.1) is 0 Å². The minimum atomic E-state index is 0.335. The number of allylic oxidation sites excluding steroid dienone is 3. The van der Waals surface area contributed by atoms with Crippen LogP contribution in [0, 0.1) is 5.92 Å². The third-order valence-electron chi connectivity index (χ3n) is 3.45. The van der Waals surface area contributed by atoms with Crippen LogP contribution in [0.4, 0.5) is 0 Å². The van der Waals surface area contributed by atoms with Gasteiger partial charge in [-0.1, -0.05) is 12.5 Å². The number of hydrogen-bond acceptors (Lipinski definition) is 1. The second-order valence-corrected chi connectivity index (χ2v) is 5.19. The minimum absolute atomic E-state index is 0.335. The first kappa shape index (κ1) is 10.8. The van der Waals surface area contributed by atoms with Gasteiger partial charge in [0.2, 0.25) is 0 Å². The van der Waals surface area contributed by atoms with E-state index in [9.17, 15) is 0 Å². The Hall–Kier alpha value is -0.720. The van der Waals surface area contributed by atoms with Gasteiger partial charge in [-0.25, -0.2) is 0 Å². The molecule has 0 amide bonds. The zero-order valence-electron chi connectivity index (χ0n) is 10.2. The van der Waals surface area contributed by atoms with Crippen LogP contribution in [-0.2, 0) is 4.74 Å². The lowest BCUT2D eigenvalue weighted by atomic mass is 9.83. The second-order valence-electron chi connectivity index (χ2n) is 5.19. The summed E-state index contributed by atoms with van der Waals surface area (Å²) in [5, 5.41) is 0. The maximum Gasteiger partial charge on any atom is 0.117 e. The molecule has 1 nitrogen and oxygen atoms in total. The molecule has 0 radical (unpaired) electrons. The van der Waals surface area contributed by atoms with Gasteiger partial charge in [-0.2, -0.15) is 0 Å². The summed E-state index contributed by atoms with van der Waals surface area (Å²) in [7, 11) is 0. The molecule has 1 heterocycles. The highest BCUT2D eigenvalue weighted by Crippen LogP contribution is 2.38. The fourth-order valence-electron chi connectivity index (χ4n) is 2.75. The van der Waals surface area contributed by atoms with Gasteiger partial charge in [0.1, 0.15) is 6.10 Å². The molecule has 0 fully saturated rings. The van der Waals surface area contributed by atoms with Crippen LogP contribution >= 0.6 is 0 Å². The van der Waals surface area contributed by atoms with Crippen LogP contribution in [0.3, 0.4) is 0 Å². The molecule has 1 aliphatic carbocycles. The van der Waals surface area contributed by atoms with Crippen molar-refractivity contribution in [1.29, 1.82) is 0 Å². The highest BCUT2D eigenvalue weighted by molar-refractivity contribution is 5.19. The Bertz CT molecular complexity index is 294. The summed E-state index contributed by atoms with van der Waals surface area (Å²) in [6.45, 7) is 6.66. The summed E-state index contributed by atoms with van der Waals surface area (Å²) in [6, 6.07) is 0. The average molecular weight is 206 g/mol. The molecule has 1 heteroatoms. The fraction of sp³-hybridized carbons (Fsp3) is 0.714. The van der Waals surface area contributed by atoms with Crippen molar-refractivity contribution in [3.05, 3.63) is 23.0 Å². The van der Waals surface area contributed by atoms with Crippen LogP contribution in [0.2, 0.25) is 0 Å². The molecule has 0 bridgehead atoms. The summed E-state index contributed by atoms with van der Waals surface area (Å²) < 4.78 is 6.07. The number of rotatable bonds is 1. The highest BCUT2D eigenvalue weighted by Gasteiger charge is 2.27. The molecule has 2 aliphatic rings. The lowest BCUT2D eigenvalue weighted by molar-refractivity contribution is 0.0953. The van der Waals surface area contributed by atoms with Crippen molar-refractivity contribution in [3.8, 4) is 0 Å². The molecule has 15 heavy (non-hydrogen) atoms. The van der Waals surface area contributed by atoms with Gasteiger partial charge >= 0.3 is 0 Å². The summed E-state index contributed by atoms with van der Waals surface area (Å²) in [5.41, 5.74) is 2.98. The second kappa shape index (κ2) is 4.42. The first-order chi connectivity index (χ1) is 7.16. The van der Waals surface area contributed by atoms with E-state index in [0.717, 1.165) is 5.92 Å². The van der Waals surface area contributed by atoms with Crippen molar-refractivity contribution < 1.29 is 4.74 Å². The Kier molecular flexibility index (Phi) is 3.18. The Morgan fingerprint density at radius 3 is 2.73 bits per heavy atom. The largest absolute Gasteiger partial charge is 0.491 e. The van der Waals surface area contributed by atoms with Gasteiger partial charge in [-0.3, -0.25) is 0 Å². The van der Waals surface area contributed by atoms with Gasteiger partial charge < -0.3 is 4.74 Å². The zero-order chi connectivity index (χ0) is 10.8. The topological polar surface area (TPSA) is 9.23 Å². The Balaban J connectivity index is 2.14. The Morgan fingerprint density at radius 1 is 1.27 bits per heavy atom. The van der Waals surface area contributed by atoms with Gasteiger partial charge in [0.25, 0.3) is 0 Å². The first-order valence-corrected chi connectivity index (χ1v) is 6.20. The molecule has 84 valence electrons. The van der Waals surface area contributed by atoms with Crippen molar-refractivity contribution in [2.45, 2.75) is 59.0 Å². The van der Waals surface area contributed by atoms with Crippen molar-refractivity contribution in [2.24, 2.45) is 5.92 Å². The van der Waals surface area contributed by atoms with Crippen LogP contribution in [0.5, 0.6) is 0 Å². The van der Waals surface area contributed by atoms with Crippen molar-refractivity contribution in [1.82, 2.24) is 0 Å². The van der Waals surface area contributed by atoms with Crippen LogP contribution < -0.4 is 0 Å². The van der Waals surface area contributed by atoms with Gasteiger partial charge in [-0.05, 0) is 57.1 Å². The smallest absolute Gasteiger partial charge is 0.117 e. The van der Waals surface area contributed by atoms with Crippen molar-refractivity contribution in [3.63, 3.8) is 0 Å². The minimum Gasteiger partial charge on any atom is -0.491 e. The normalized spacial score (nSPS) is 30.6. The van der Waals surface area contributed by atoms with Gasteiger partial charge in [0.15, 0.2) is 0 Å². The fourth-order valence-corrected chi connectivity index (χ4v) is 2.75. The molecule has 2 unspecified atom stereocenters. The highest BCUT2D eigenvalue weighted by atomic mass is 16.5. The van der Waals surface area contributed by atoms with E-state index in [0.29, 0.717) is 6.10 Å². The molecule has 0 spiro atoms. The molecule has 0 aromatic rings. The van der Waals surface area contributed by atoms with Gasteiger partial charge in [0, 0.05) is 6.42 Å². The molecule has 2 atom stereocenters. The predicted octanol–water partition coefficient (Wildman–Crippen LogP) is 4.21. The summed E-state index contributed by atoms with van der Waals surface area (Å²) in [6.07, 6.45) is 8.90. The first-order valence-electron chi connectivity index (χ1n) is 6.20. The van der Waals surface area contributed by atoms with E-state index in [-0.39, 0.29) is 0 Å². The molecule has 1 aliphatic heterocycles.